The lowest BCUT2D eigenvalue weighted by Crippen LogP contribution is -2.51. The second-order valence-corrected chi connectivity index (χ2v) is 7.61. The second-order valence-electron chi connectivity index (χ2n) is 7.61. The highest BCUT2D eigenvalue weighted by molar-refractivity contribution is 6.10. The van der Waals surface area contributed by atoms with Crippen LogP contribution in [0.4, 0.5) is 0 Å². The lowest BCUT2D eigenvalue weighted by Gasteiger charge is -2.36. The van der Waals surface area contributed by atoms with E-state index in [-0.39, 0.29) is 30.6 Å². The molecule has 0 N–H and O–H groups in total. The Labute approximate surface area is 171 Å². The van der Waals surface area contributed by atoms with Crippen LogP contribution in [-0.4, -0.2) is 93.0 Å². The Balaban J connectivity index is 1.81. The molecule has 0 aliphatic carbocycles. The molecule has 1 atom stereocenters. The van der Waals surface area contributed by atoms with Gasteiger partial charge in [0.15, 0.2) is 0 Å². The highest BCUT2D eigenvalue weighted by atomic mass is 16.5. The summed E-state index contributed by atoms with van der Waals surface area (Å²) in [6.07, 6.45) is -0.0669. The molecule has 29 heavy (non-hydrogen) atoms. The topological polar surface area (TPSA) is 79.4 Å². The molecule has 1 aromatic rings. The first kappa shape index (κ1) is 21.3. The van der Waals surface area contributed by atoms with Crippen LogP contribution < -0.4 is 4.74 Å². The number of rotatable bonds is 7. The van der Waals surface area contributed by atoms with Gasteiger partial charge in [0.25, 0.3) is 0 Å². The molecule has 158 valence electrons. The average molecular weight is 403 g/mol. The van der Waals surface area contributed by atoms with E-state index in [4.69, 9.17) is 9.47 Å². The molecule has 2 heterocycles. The third-order valence-corrected chi connectivity index (χ3v) is 5.95. The fourth-order valence-electron chi connectivity index (χ4n) is 4.18. The van der Waals surface area contributed by atoms with Gasteiger partial charge >= 0.3 is 0 Å². The number of carbonyl (C=O) groups is 3. The van der Waals surface area contributed by atoms with Crippen LogP contribution in [-0.2, 0) is 24.5 Å². The normalized spacial score (nSPS) is 23.0. The first-order valence-corrected chi connectivity index (χ1v) is 9.86. The van der Waals surface area contributed by atoms with Gasteiger partial charge in [0.05, 0.1) is 19.1 Å². The van der Waals surface area contributed by atoms with Gasteiger partial charge in [0.1, 0.15) is 5.75 Å². The average Bonchev–Trinajstić information content (AvgIpc) is 2.96. The van der Waals surface area contributed by atoms with E-state index in [1.807, 2.05) is 6.07 Å². The molecule has 2 saturated heterocycles. The van der Waals surface area contributed by atoms with Crippen molar-refractivity contribution in [3.8, 4) is 5.75 Å². The van der Waals surface area contributed by atoms with Crippen molar-refractivity contribution in [3.63, 3.8) is 0 Å². The summed E-state index contributed by atoms with van der Waals surface area (Å²) < 4.78 is 10.6. The van der Waals surface area contributed by atoms with E-state index < -0.39 is 5.41 Å². The zero-order chi connectivity index (χ0) is 21.0. The summed E-state index contributed by atoms with van der Waals surface area (Å²) in [6.45, 7) is 4.23. The Bertz CT molecular complexity index is 775. The Kier molecular flexibility index (Phi) is 6.54. The third kappa shape index (κ3) is 4.13. The molecule has 0 aromatic heterocycles. The van der Waals surface area contributed by atoms with Crippen molar-refractivity contribution >= 4 is 17.7 Å². The third-order valence-electron chi connectivity index (χ3n) is 5.95. The van der Waals surface area contributed by atoms with Crippen molar-refractivity contribution in [1.82, 2.24) is 14.7 Å². The van der Waals surface area contributed by atoms with Crippen molar-refractivity contribution in [1.29, 1.82) is 0 Å². The van der Waals surface area contributed by atoms with Gasteiger partial charge in [0, 0.05) is 65.3 Å². The van der Waals surface area contributed by atoms with Crippen LogP contribution in [0.3, 0.4) is 0 Å². The molecule has 1 aromatic carbocycles. The van der Waals surface area contributed by atoms with Crippen LogP contribution in [0, 0.1) is 0 Å². The van der Waals surface area contributed by atoms with E-state index in [0.717, 1.165) is 24.5 Å². The molecule has 8 nitrogen and oxygen atoms in total. The first-order valence-electron chi connectivity index (χ1n) is 9.86. The van der Waals surface area contributed by atoms with Gasteiger partial charge < -0.3 is 14.4 Å². The summed E-state index contributed by atoms with van der Waals surface area (Å²) in [6, 6.07) is 7.14. The van der Waals surface area contributed by atoms with E-state index in [1.165, 1.54) is 14.2 Å². The molecule has 8 heteroatoms. The number of imide groups is 1. The zero-order valence-electron chi connectivity index (χ0n) is 17.3. The number of hydrogen-bond acceptors (Lipinski definition) is 6. The van der Waals surface area contributed by atoms with E-state index in [9.17, 15) is 14.4 Å². The van der Waals surface area contributed by atoms with Crippen LogP contribution in [0.1, 0.15) is 18.4 Å². The Morgan fingerprint density at radius 2 is 1.79 bits per heavy atom. The highest BCUT2D eigenvalue weighted by Crippen LogP contribution is 2.43. The number of amides is 3. The number of para-hydroxylation sites is 1. The predicted octanol–water partition coefficient (Wildman–Crippen LogP) is 0.502. The van der Waals surface area contributed by atoms with E-state index in [0.29, 0.717) is 31.0 Å². The number of methoxy groups -OCH3 is 2. The molecule has 3 amide bonds. The van der Waals surface area contributed by atoms with Crippen LogP contribution >= 0.6 is 0 Å². The Morgan fingerprint density at radius 3 is 2.38 bits per heavy atom. The lowest BCUT2D eigenvalue weighted by molar-refractivity contribution is -0.142. The van der Waals surface area contributed by atoms with Gasteiger partial charge in [-0.15, -0.1) is 0 Å². The molecular formula is C21H29N3O5. The summed E-state index contributed by atoms with van der Waals surface area (Å²) in [5, 5.41) is 0. The predicted molar refractivity (Wildman–Crippen MR) is 107 cm³/mol. The van der Waals surface area contributed by atoms with Crippen molar-refractivity contribution in [2.45, 2.75) is 18.3 Å². The molecule has 0 unspecified atom stereocenters. The molecule has 0 radical (unpaired) electrons. The number of hydrogen-bond donors (Lipinski definition) is 0. The smallest absolute Gasteiger partial charge is 0.240 e. The number of ether oxygens (including phenoxy) is 2. The largest absolute Gasteiger partial charge is 0.496 e. The minimum atomic E-state index is -1.22. The summed E-state index contributed by atoms with van der Waals surface area (Å²) in [4.78, 5) is 43.9. The number of carbonyl (C=O) groups excluding carboxylic acids is 3. The molecule has 2 aliphatic heterocycles. The molecule has 0 spiro atoms. The number of likely N-dealkylation sites (tertiary alicyclic amines) is 1. The first-order chi connectivity index (χ1) is 13.9. The fraction of sp³-hybridized carbons (Fsp3) is 0.571. The minimum absolute atomic E-state index is 0.0255. The quantitative estimate of drug-likeness (QED) is 0.617. The second kappa shape index (κ2) is 8.92. The van der Waals surface area contributed by atoms with Crippen LogP contribution in [0.15, 0.2) is 24.3 Å². The van der Waals surface area contributed by atoms with Crippen molar-refractivity contribution in [2.24, 2.45) is 0 Å². The Hall–Kier alpha value is -2.45. The van der Waals surface area contributed by atoms with Crippen LogP contribution in [0.5, 0.6) is 5.75 Å². The van der Waals surface area contributed by atoms with Gasteiger partial charge in [-0.05, 0) is 6.07 Å². The lowest BCUT2D eigenvalue weighted by atomic mass is 9.75. The molecular weight excluding hydrogens is 374 g/mol. The van der Waals surface area contributed by atoms with Gasteiger partial charge in [0.2, 0.25) is 17.7 Å². The van der Waals surface area contributed by atoms with Crippen molar-refractivity contribution in [2.75, 3.05) is 60.6 Å². The van der Waals surface area contributed by atoms with E-state index >= 15 is 0 Å². The summed E-state index contributed by atoms with van der Waals surface area (Å²) in [5.74, 6) is -0.225. The maximum Gasteiger partial charge on any atom is 0.240 e. The molecule has 2 aliphatic rings. The minimum Gasteiger partial charge on any atom is -0.496 e. The van der Waals surface area contributed by atoms with Crippen molar-refractivity contribution in [3.05, 3.63) is 29.8 Å². The van der Waals surface area contributed by atoms with Gasteiger partial charge in [-0.1, -0.05) is 18.2 Å². The zero-order valence-corrected chi connectivity index (χ0v) is 17.3. The molecule has 0 saturated carbocycles. The fourth-order valence-corrected chi connectivity index (χ4v) is 4.18. The molecule has 3 rings (SSSR count). The van der Waals surface area contributed by atoms with Crippen LogP contribution in [0.25, 0.3) is 0 Å². The molecule has 2 fully saturated rings. The monoisotopic (exact) mass is 403 g/mol. The molecule has 0 bridgehead atoms. The number of benzene rings is 1. The Morgan fingerprint density at radius 1 is 1.10 bits per heavy atom. The number of piperazine rings is 1. The van der Waals surface area contributed by atoms with Crippen molar-refractivity contribution < 1.29 is 23.9 Å². The number of nitrogens with zero attached hydrogens (tertiary/aromatic N) is 3. The van der Waals surface area contributed by atoms with E-state index in [2.05, 4.69) is 4.90 Å². The standard InChI is InChI=1S/C21H29N3O5/c1-22-18(25)14-21(20(22)27,16-6-4-5-7-17(16)29-3)15-19(26)24-10-8-23(9-11-24)12-13-28-2/h4-7H,8-15H2,1-3H3/t21-/m1/s1. The van der Waals surface area contributed by atoms with Gasteiger partial charge in [-0.3, -0.25) is 24.2 Å². The number of likely N-dealkylation sites (N-methyl/N-ethyl adjacent to an activating group) is 1. The maximum atomic E-state index is 13.2. The van der Waals surface area contributed by atoms with Gasteiger partial charge in [-0.25, -0.2) is 0 Å². The van der Waals surface area contributed by atoms with E-state index in [1.54, 1.807) is 30.2 Å². The van der Waals surface area contributed by atoms with Gasteiger partial charge in [-0.2, -0.15) is 0 Å². The highest BCUT2D eigenvalue weighted by Gasteiger charge is 2.54. The SMILES string of the molecule is COCCN1CCN(C(=O)C[C@@]2(c3ccccc3OC)CC(=O)N(C)C2=O)CC1. The maximum absolute atomic E-state index is 13.2. The summed E-state index contributed by atoms with van der Waals surface area (Å²) in [5.41, 5.74) is -0.625. The summed E-state index contributed by atoms with van der Waals surface area (Å²) in [7, 11) is 4.67. The summed E-state index contributed by atoms with van der Waals surface area (Å²) >= 11 is 0. The van der Waals surface area contributed by atoms with Crippen LogP contribution in [0.2, 0.25) is 0 Å².